The third-order valence-corrected chi connectivity index (χ3v) is 9.70. The Kier molecular flexibility index (Phi) is 11.2. The van der Waals surface area contributed by atoms with Gasteiger partial charge in [0, 0.05) is 63.3 Å². The molecule has 0 aromatic carbocycles. The normalized spacial score (nSPS) is 29.3. The molecule has 1 aliphatic heterocycles. The van der Waals surface area contributed by atoms with Crippen molar-refractivity contribution in [2.75, 3.05) is 26.8 Å². The minimum absolute atomic E-state index is 0.0384. The minimum atomic E-state index is -0.441. The lowest BCUT2D eigenvalue weighted by atomic mass is 9.82. The first-order valence-corrected chi connectivity index (χ1v) is 16.4. The molecule has 236 valence electrons. The molecular formula is C33H48N4O6. The number of hydrogen-bond acceptors (Lipinski definition) is 7. The lowest BCUT2D eigenvalue weighted by Crippen LogP contribution is -2.39. The number of Topliss-reactive ketones (excluding diaryl/α,β-unsaturated/α-hetero) is 1. The molecule has 43 heavy (non-hydrogen) atoms. The van der Waals surface area contributed by atoms with Crippen LogP contribution in [0, 0.1) is 17.8 Å². The molecule has 10 heteroatoms. The minimum Gasteiger partial charge on any atom is -0.378 e. The summed E-state index contributed by atoms with van der Waals surface area (Å²) >= 11 is 0. The Hall–Kier alpha value is -2.85. The molecule has 2 atom stereocenters. The average Bonchev–Trinajstić information content (AvgIpc) is 3.83. The lowest BCUT2D eigenvalue weighted by molar-refractivity contribution is -0.128. The first kappa shape index (κ1) is 31.6. The molecule has 1 aromatic heterocycles. The largest absolute Gasteiger partial charge is 0.378 e. The van der Waals surface area contributed by atoms with Gasteiger partial charge in [-0.1, -0.05) is 6.07 Å². The Morgan fingerprint density at radius 2 is 1.58 bits per heavy atom. The van der Waals surface area contributed by atoms with Crippen LogP contribution >= 0.6 is 0 Å². The van der Waals surface area contributed by atoms with Crippen LogP contribution in [0.2, 0.25) is 0 Å². The summed E-state index contributed by atoms with van der Waals surface area (Å²) in [5.41, 5.74) is 0.866. The van der Waals surface area contributed by atoms with E-state index in [1.165, 1.54) is 0 Å². The van der Waals surface area contributed by atoms with Gasteiger partial charge in [-0.2, -0.15) is 0 Å². The van der Waals surface area contributed by atoms with E-state index in [9.17, 15) is 19.2 Å². The van der Waals surface area contributed by atoms with Crippen LogP contribution < -0.4 is 10.6 Å². The van der Waals surface area contributed by atoms with Crippen LogP contribution in [0.4, 0.5) is 0 Å². The van der Waals surface area contributed by atoms with Gasteiger partial charge in [0.1, 0.15) is 5.78 Å². The van der Waals surface area contributed by atoms with Crippen LogP contribution in [0.3, 0.4) is 0 Å². The number of aromatic nitrogens is 1. The summed E-state index contributed by atoms with van der Waals surface area (Å²) in [5, 5.41) is 6.12. The maximum atomic E-state index is 12.9. The summed E-state index contributed by atoms with van der Waals surface area (Å²) in [6, 6.07) is 3.63. The van der Waals surface area contributed by atoms with E-state index in [0.29, 0.717) is 44.3 Å². The van der Waals surface area contributed by atoms with E-state index < -0.39 is 5.92 Å². The molecule has 1 saturated heterocycles. The van der Waals surface area contributed by atoms with E-state index >= 15 is 0 Å². The van der Waals surface area contributed by atoms with Crippen molar-refractivity contribution in [3.63, 3.8) is 0 Å². The quantitative estimate of drug-likeness (QED) is 0.315. The van der Waals surface area contributed by atoms with Crippen LogP contribution in [0.15, 0.2) is 24.5 Å². The number of rotatable bonds is 14. The fourth-order valence-electron chi connectivity index (χ4n) is 7.01. The zero-order valence-corrected chi connectivity index (χ0v) is 25.5. The Bertz CT molecular complexity index is 1100. The molecule has 0 spiro atoms. The number of pyridine rings is 1. The number of nitrogens with zero attached hydrogens (tertiary/aromatic N) is 2. The highest BCUT2D eigenvalue weighted by molar-refractivity contribution is 5.90. The Labute approximate surface area is 255 Å². The van der Waals surface area contributed by atoms with E-state index in [-0.39, 0.29) is 54.4 Å². The third-order valence-electron chi connectivity index (χ3n) is 9.70. The molecule has 2 N–H and O–H groups in total. The highest BCUT2D eigenvalue weighted by Gasteiger charge is 2.42. The molecular weight excluding hydrogens is 548 g/mol. The number of carbonyl (C=O) groups is 4. The van der Waals surface area contributed by atoms with Gasteiger partial charge in [0.15, 0.2) is 0 Å². The molecule has 3 saturated carbocycles. The first-order valence-electron chi connectivity index (χ1n) is 16.4. The van der Waals surface area contributed by atoms with E-state index in [4.69, 9.17) is 9.47 Å². The zero-order chi connectivity index (χ0) is 30.2. The number of amides is 3. The Balaban J connectivity index is 0.889. The maximum absolute atomic E-state index is 12.9. The fraction of sp³-hybridized carbons (Fsp3) is 0.727. The molecule has 0 unspecified atom stereocenters. The summed E-state index contributed by atoms with van der Waals surface area (Å²) in [6.07, 6.45) is 14.6. The van der Waals surface area contributed by atoms with Crippen molar-refractivity contribution in [1.82, 2.24) is 20.5 Å². The standard InChI is InChI=1S/C33H48N4O6/c1-37-30(39)20-28(31(37)24-4-2-16-34-21-24)33(41)35-17-19-43-27-14-12-26(13-15-27)42-18-3-5-29(38)36-25-10-8-23(9-11-25)32(40)22-6-7-22/h2,4,16,21-23,25-28,31H,3,5-15,17-20H2,1H3,(H,35,41)(H,36,38)/t23?,25?,26?,27?,28-,31+/m0/s1. The second-order valence-electron chi connectivity index (χ2n) is 12.9. The number of likely N-dealkylation sites (tertiary alicyclic amines) is 1. The SMILES string of the molecule is CN1C(=O)C[C@H](C(=O)NCCOC2CCC(OCCCC(=O)NC3CCC(C(=O)C4CC4)CC3)CC2)[C@H]1c1cccnc1. The van der Waals surface area contributed by atoms with E-state index in [1.807, 2.05) is 12.1 Å². The van der Waals surface area contributed by atoms with Crippen molar-refractivity contribution in [3.05, 3.63) is 30.1 Å². The number of hydrogen-bond donors (Lipinski definition) is 2. The highest BCUT2D eigenvalue weighted by Crippen LogP contribution is 2.38. The van der Waals surface area contributed by atoms with Gasteiger partial charge in [0.05, 0.1) is 30.8 Å². The van der Waals surface area contributed by atoms with Crippen LogP contribution in [0.5, 0.6) is 0 Å². The molecule has 2 heterocycles. The van der Waals surface area contributed by atoms with Gasteiger partial charge >= 0.3 is 0 Å². The Morgan fingerprint density at radius 3 is 2.21 bits per heavy atom. The van der Waals surface area contributed by atoms with E-state index in [0.717, 1.165) is 69.8 Å². The third kappa shape index (κ3) is 8.85. The van der Waals surface area contributed by atoms with Crippen molar-refractivity contribution in [2.24, 2.45) is 17.8 Å². The average molecular weight is 597 g/mol. The van der Waals surface area contributed by atoms with Gasteiger partial charge in [0.25, 0.3) is 0 Å². The summed E-state index contributed by atoms with van der Waals surface area (Å²) in [4.78, 5) is 55.7. The van der Waals surface area contributed by atoms with Gasteiger partial charge in [-0.25, -0.2) is 0 Å². The predicted octanol–water partition coefficient (Wildman–Crippen LogP) is 3.50. The molecule has 1 aromatic rings. The number of ether oxygens (including phenoxy) is 2. The molecule has 0 bridgehead atoms. The van der Waals surface area contributed by atoms with Crippen molar-refractivity contribution >= 4 is 23.5 Å². The van der Waals surface area contributed by atoms with Gasteiger partial charge in [-0.3, -0.25) is 24.2 Å². The summed E-state index contributed by atoms with van der Waals surface area (Å²) in [6.45, 7) is 1.42. The molecule has 4 aliphatic rings. The van der Waals surface area contributed by atoms with Crippen molar-refractivity contribution in [1.29, 1.82) is 0 Å². The topological polar surface area (TPSA) is 127 Å². The van der Waals surface area contributed by atoms with Gasteiger partial charge < -0.3 is 25.0 Å². The second-order valence-corrected chi connectivity index (χ2v) is 12.9. The molecule has 3 amide bonds. The van der Waals surface area contributed by atoms with Crippen molar-refractivity contribution in [3.8, 4) is 0 Å². The first-order chi connectivity index (χ1) is 20.9. The number of carbonyl (C=O) groups excluding carboxylic acids is 4. The Morgan fingerprint density at radius 1 is 0.930 bits per heavy atom. The molecule has 10 nitrogen and oxygen atoms in total. The molecule has 3 aliphatic carbocycles. The number of ketones is 1. The summed E-state index contributed by atoms with van der Waals surface area (Å²) < 4.78 is 12.1. The maximum Gasteiger partial charge on any atom is 0.226 e. The van der Waals surface area contributed by atoms with Crippen molar-refractivity contribution < 1.29 is 28.7 Å². The van der Waals surface area contributed by atoms with Gasteiger partial charge in [-0.15, -0.1) is 0 Å². The predicted molar refractivity (Wildman–Crippen MR) is 160 cm³/mol. The molecule has 4 fully saturated rings. The van der Waals surface area contributed by atoms with Crippen LogP contribution in [0.1, 0.15) is 95.1 Å². The van der Waals surface area contributed by atoms with Gasteiger partial charge in [-0.05, 0) is 82.3 Å². The van der Waals surface area contributed by atoms with E-state index in [2.05, 4.69) is 15.6 Å². The lowest BCUT2D eigenvalue weighted by Gasteiger charge is -2.29. The monoisotopic (exact) mass is 596 g/mol. The second kappa shape index (κ2) is 15.2. The molecule has 0 radical (unpaired) electrons. The van der Waals surface area contributed by atoms with Crippen molar-refractivity contribution in [2.45, 2.75) is 108 Å². The van der Waals surface area contributed by atoms with E-state index in [1.54, 1.807) is 24.3 Å². The summed E-state index contributed by atoms with van der Waals surface area (Å²) in [5.74, 6) is 0.503. The summed E-state index contributed by atoms with van der Waals surface area (Å²) in [7, 11) is 1.74. The van der Waals surface area contributed by atoms with Gasteiger partial charge in [0.2, 0.25) is 17.7 Å². The van der Waals surface area contributed by atoms with Crippen LogP contribution in [0.25, 0.3) is 0 Å². The van der Waals surface area contributed by atoms with Crippen LogP contribution in [-0.4, -0.2) is 78.4 Å². The van der Waals surface area contributed by atoms with Crippen LogP contribution in [-0.2, 0) is 28.7 Å². The molecule has 5 rings (SSSR count). The highest BCUT2D eigenvalue weighted by atomic mass is 16.5. The zero-order valence-electron chi connectivity index (χ0n) is 25.5. The number of nitrogens with one attached hydrogen (secondary N) is 2. The smallest absolute Gasteiger partial charge is 0.226 e. The fourth-order valence-corrected chi connectivity index (χ4v) is 7.01.